The maximum absolute atomic E-state index is 14.4. The van der Waals surface area contributed by atoms with Gasteiger partial charge in [0, 0.05) is 12.2 Å². The summed E-state index contributed by atoms with van der Waals surface area (Å²) in [5.41, 5.74) is 3.84. The van der Waals surface area contributed by atoms with Gasteiger partial charge in [-0.25, -0.2) is 4.79 Å². The van der Waals surface area contributed by atoms with Crippen LogP contribution in [0.25, 0.3) is 0 Å². The number of amides is 3. The highest BCUT2D eigenvalue weighted by atomic mass is 16.6. The number of hydrogen-bond donors (Lipinski definition) is 2. The van der Waals surface area contributed by atoms with Crippen molar-refractivity contribution in [3.63, 3.8) is 0 Å². The molecule has 0 fully saturated rings. The van der Waals surface area contributed by atoms with Crippen LogP contribution in [-0.2, 0) is 20.7 Å². The van der Waals surface area contributed by atoms with Gasteiger partial charge in [-0.05, 0) is 82.1 Å². The third-order valence-electron chi connectivity index (χ3n) is 7.22. The molecule has 2 rings (SSSR count). The molecular weight excluding hydrogens is 526 g/mol. The highest BCUT2D eigenvalue weighted by Gasteiger charge is 2.36. The Balaban J connectivity index is 2.59. The van der Waals surface area contributed by atoms with E-state index in [1.165, 1.54) is 0 Å². The molecule has 0 bridgehead atoms. The highest BCUT2D eigenvalue weighted by Crippen LogP contribution is 2.28. The van der Waals surface area contributed by atoms with Gasteiger partial charge in [-0.1, -0.05) is 89.4 Å². The topological polar surface area (TPSA) is 87.7 Å². The summed E-state index contributed by atoms with van der Waals surface area (Å²) in [5.74, 6) is -0.435. The standard InChI is InChI=1S/C35H53N3O4/c1-10-12-13-14-22-38(33(40)29(23-24(3)4)36-34(41)42-35(7,8)9)31(28-20-18-27(11-2)19-21-28)32(39)37-30-25(5)16-15-17-26(30)6/h15-21,24,29,31H,10-14,22-23H2,1-9H3,(H,36,41)(H,37,39). The maximum atomic E-state index is 14.4. The predicted molar refractivity (Wildman–Crippen MR) is 172 cm³/mol. The first-order valence-electron chi connectivity index (χ1n) is 15.5. The minimum Gasteiger partial charge on any atom is -0.444 e. The number of nitrogens with one attached hydrogen (secondary N) is 2. The number of hydrogen-bond acceptors (Lipinski definition) is 4. The lowest BCUT2D eigenvalue weighted by molar-refractivity contribution is -0.141. The average Bonchev–Trinajstić information content (AvgIpc) is 2.90. The van der Waals surface area contributed by atoms with Crippen LogP contribution in [0.3, 0.4) is 0 Å². The first-order valence-corrected chi connectivity index (χ1v) is 15.5. The Bertz CT molecular complexity index is 1150. The molecule has 3 amide bonds. The van der Waals surface area contributed by atoms with Gasteiger partial charge < -0.3 is 20.3 Å². The number of ether oxygens (including phenoxy) is 1. The van der Waals surface area contributed by atoms with Crippen LogP contribution in [-0.4, -0.2) is 41.0 Å². The lowest BCUT2D eigenvalue weighted by Gasteiger charge is -2.35. The van der Waals surface area contributed by atoms with E-state index in [2.05, 4.69) is 24.5 Å². The molecule has 0 saturated carbocycles. The summed E-state index contributed by atoms with van der Waals surface area (Å²) in [4.78, 5) is 43.2. The lowest BCUT2D eigenvalue weighted by Crippen LogP contribution is -2.53. The van der Waals surface area contributed by atoms with E-state index in [0.29, 0.717) is 13.0 Å². The van der Waals surface area contributed by atoms with E-state index in [9.17, 15) is 14.4 Å². The summed E-state index contributed by atoms with van der Waals surface area (Å²) in [5, 5.41) is 5.98. The average molecular weight is 580 g/mol. The third-order valence-corrected chi connectivity index (χ3v) is 7.22. The second kappa shape index (κ2) is 16.3. The minimum absolute atomic E-state index is 0.126. The SMILES string of the molecule is CCCCCCN(C(=O)C(CC(C)C)NC(=O)OC(C)(C)C)C(C(=O)Nc1c(C)cccc1C)c1ccc(CC)cc1. The third kappa shape index (κ3) is 10.8. The van der Waals surface area contributed by atoms with Crippen LogP contribution in [0.4, 0.5) is 10.5 Å². The predicted octanol–water partition coefficient (Wildman–Crippen LogP) is 7.89. The second-order valence-electron chi connectivity index (χ2n) is 12.7. The summed E-state index contributed by atoms with van der Waals surface area (Å²) in [6, 6.07) is 12.1. The van der Waals surface area contributed by atoms with Gasteiger partial charge in [0.2, 0.25) is 5.91 Å². The van der Waals surface area contributed by atoms with E-state index in [1.54, 1.807) is 25.7 Å². The van der Waals surface area contributed by atoms with Crippen molar-refractivity contribution < 1.29 is 19.1 Å². The van der Waals surface area contributed by atoms with Crippen molar-refractivity contribution in [1.82, 2.24) is 10.2 Å². The first-order chi connectivity index (χ1) is 19.8. The molecule has 0 radical (unpaired) electrons. The number of carbonyl (C=O) groups is 3. The summed E-state index contributed by atoms with van der Waals surface area (Å²) >= 11 is 0. The van der Waals surface area contributed by atoms with Crippen LogP contribution < -0.4 is 10.6 Å². The summed E-state index contributed by atoms with van der Waals surface area (Å²) in [6.07, 6.45) is 4.43. The Labute approximate surface area is 253 Å². The molecule has 42 heavy (non-hydrogen) atoms. The quantitative estimate of drug-likeness (QED) is 0.223. The van der Waals surface area contributed by atoms with E-state index < -0.39 is 23.8 Å². The van der Waals surface area contributed by atoms with Crippen molar-refractivity contribution in [2.24, 2.45) is 5.92 Å². The highest BCUT2D eigenvalue weighted by molar-refractivity contribution is 5.99. The number of anilines is 1. The molecule has 0 heterocycles. The molecule has 7 heteroatoms. The van der Waals surface area contributed by atoms with Crippen molar-refractivity contribution in [2.75, 3.05) is 11.9 Å². The van der Waals surface area contributed by atoms with Crippen LogP contribution in [0, 0.1) is 19.8 Å². The van der Waals surface area contributed by atoms with Crippen LogP contribution in [0.1, 0.15) is 109 Å². The maximum Gasteiger partial charge on any atom is 0.408 e. The van der Waals surface area contributed by atoms with E-state index in [-0.39, 0.29) is 17.7 Å². The van der Waals surface area contributed by atoms with Gasteiger partial charge in [0.05, 0.1) is 0 Å². The number of para-hydroxylation sites is 1. The van der Waals surface area contributed by atoms with Crippen molar-refractivity contribution >= 4 is 23.6 Å². The van der Waals surface area contributed by atoms with Gasteiger partial charge in [0.1, 0.15) is 17.7 Å². The summed E-state index contributed by atoms with van der Waals surface area (Å²) in [6.45, 7) is 17.9. The lowest BCUT2D eigenvalue weighted by atomic mass is 9.97. The molecule has 2 atom stereocenters. The largest absolute Gasteiger partial charge is 0.444 e. The number of rotatable bonds is 14. The smallest absolute Gasteiger partial charge is 0.408 e. The number of benzene rings is 2. The van der Waals surface area contributed by atoms with E-state index >= 15 is 0 Å². The number of nitrogens with zero attached hydrogens (tertiary/aromatic N) is 1. The monoisotopic (exact) mass is 579 g/mol. The molecule has 232 valence electrons. The molecule has 0 aliphatic carbocycles. The zero-order chi connectivity index (χ0) is 31.4. The Morgan fingerprint density at radius 3 is 2.05 bits per heavy atom. The van der Waals surface area contributed by atoms with Crippen molar-refractivity contribution in [3.05, 3.63) is 64.7 Å². The van der Waals surface area contributed by atoms with Crippen molar-refractivity contribution in [1.29, 1.82) is 0 Å². The second-order valence-corrected chi connectivity index (χ2v) is 12.7. The van der Waals surface area contributed by atoms with Crippen LogP contribution in [0.5, 0.6) is 0 Å². The van der Waals surface area contributed by atoms with Gasteiger partial charge >= 0.3 is 6.09 Å². The number of alkyl carbamates (subject to hydrolysis) is 1. The Hall–Kier alpha value is -3.35. The fourth-order valence-electron chi connectivity index (χ4n) is 5.03. The van der Waals surface area contributed by atoms with Crippen LogP contribution in [0.2, 0.25) is 0 Å². The fraction of sp³-hybridized carbons (Fsp3) is 0.571. The van der Waals surface area contributed by atoms with Crippen molar-refractivity contribution in [3.8, 4) is 0 Å². The molecule has 0 spiro atoms. The van der Waals surface area contributed by atoms with Gasteiger partial charge in [0.15, 0.2) is 0 Å². The van der Waals surface area contributed by atoms with Crippen molar-refractivity contribution in [2.45, 2.75) is 119 Å². The molecular formula is C35H53N3O4. The zero-order valence-corrected chi connectivity index (χ0v) is 27.3. The summed E-state index contributed by atoms with van der Waals surface area (Å²) in [7, 11) is 0. The van der Waals surface area contributed by atoms with Gasteiger partial charge in [-0.3, -0.25) is 9.59 Å². The normalized spacial score (nSPS) is 12.9. The Morgan fingerprint density at radius 2 is 1.52 bits per heavy atom. The zero-order valence-electron chi connectivity index (χ0n) is 27.3. The van der Waals surface area contributed by atoms with E-state index in [4.69, 9.17) is 4.74 Å². The van der Waals surface area contributed by atoms with Gasteiger partial charge in [-0.2, -0.15) is 0 Å². The molecule has 0 aromatic heterocycles. The first kappa shape index (κ1) is 34.8. The number of carbonyl (C=O) groups excluding carboxylic acids is 3. The Kier molecular flexibility index (Phi) is 13.5. The minimum atomic E-state index is -0.876. The van der Waals surface area contributed by atoms with Gasteiger partial charge in [-0.15, -0.1) is 0 Å². The molecule has 2 unspecified atom stereocenters. The molecule has 2 N–H and O–H groups in total. The fourth-order valence-corrected chi connectivity index (χ4v) is 5.03. The van der Waals surface area contributed by atoms with E-state index in [0.717, 1.165) is 60.0 Å². The van der Waals surface area contributed by atoms with Crippen LogP contribution in [0.15, 0.2) is 42.5 Å². The van der Waals surface area contributed by atoms with Gasteiger partial charge in [0.25, 0.3) is 5.91 Å². The molecule has 0 aliphatic rings. The summed E-state index contributed by atoms with van der Waals surface area (Å²) < 4.78 is 5.52. The number of aryl methyl sites for hydroxylation is 3. The number of unbranched alkanes of at least 4 members (excludes halogenated alkanes) is 3. The molecule has 2 aromatic carbocycles. The molecule has 7 nitrogen and oxygen atoms in total. The molecule has 2 aromatic rings. The molecule has 0 saturated heterocycles. The molecule has 0 aliphatic heterocycles. The van der Waals surface area contributed by atoms with E-state index in [1.807, 2.05) is 70.2 Å². The Morgan fingerprint density at radius 1 is 0.905 bits per heavy atom. The van der Waals surface area contributed by atoms with Crippen LogP contribution >= 0.6 is 0 Å².